The fraction of sp³-hybridized carbons (Fsp3) is 0.333. The average Bonchev–Trinajstić information content (AvgIpc) is 2.27. The quantitative estimate of drug-likeness (QED) is 0.739. The van der Waals surface area contributed by atoms with Crippen molar-refractivity contribution in [3.8, 4) is 0 Å². The van der Waals surface area contributed by atoms with Gasteiger partial charge in [-0.05, 0) is 6.92 Å². The highest BCUT2D eigenvalue weighted by molar-refractivity contribution is 5.98. The van der Waals surface area contributed by atoms with E-state index in [1.807, 2.05) is 0 Å². The largest absolute Gasteiger partial charge is 0.476 e. The van der Waals surface area contributed by atoms with Crippen LogP contribution in [0, 0.1) is 0 Å². The number of anilines is 1. The van der Waals surface area contributed by atoms with E-state index in [-0.39, 0.29) is 18.1 Å². The van der Waals surface area contributed by atoms with Gasteiger partial charge >= 0.3 is 5.97 Å². The van der Waals surface area contributed by atoms with Crippen LogP contribution in [0.25, 0.3) is 0 Å². The predicted molar refractivity (Wildman–Crippen MR) is 54.1 cm³/mol. The maximum absolute atomic E-state index is 11.2. The molecule has 0 saturated carbocycles. The van der Waals surface area contributed by atoms with E-state index in [0.717, 1.165) is 0 Å². The van der Waals surface area contributed by atoms with Crippen LogP contribution in [0.15, 0.2) is 12.4 Å². The zero-order valence-corrected chi connectivity index (χ0v) is 8.64. The van der Waals surface area contributed by atoms with Gasteiger partial charge < -0.3 is 15.2 Å². The van der Waals surface area contributed by atoms with Crippen molar-refractivity contribution in [2.24, 2.45) is 0 Å². The predicted octanol–water partition coefficient (Wildman–Crippen LogP) is 0.150. The molecule has 1 rings (SSSR count). The number of carbonyl (C=O) groups excluding carboxylic acids is 1. The number of rotatable bonds is 5. The number of aromatic nitrogens is 2. The second-order valence-electron chi connectivity index (χ2n) is 2.74. The molecule has 0 aliphatic carbocycles. The summed E-state index contributed by atoms with van der Waals surface area (Å²) in [4.78, 5) is 29.3. The number of carboxylic acids is 1. The Morgan fingerprint density at radius 3 is 2.75 bits per heavy atom. The third-order valence-corrected chi connectivity index (χ3v) is 1.60. The number of amides is 1. The number of hydrogen-bond donors (Lipinski definition) is 2. The molecule has 0 unspecified atom stereocenters. The fourth-order valence-electron chi connectivity index (χ4n) is 0.949. The van der Waals surface area contributed by atoms with Crippen LogP contribution >= 0.6 is 0 Å². The Morgan fingerprint density at radius 2 is 2.12 bits per heavy atom. The molecule has 7 heteroatoms. The Labute approximate surface area is 91.5 Å². The number of aromatic carboxylic acids is 1. The Bertz CT molecular complexity index is 394. The topological polar surface area (TPSA) is 101 Å². The molecule has 0 radical (unpaired) electrons. The molecule has 0 fully saturated rings. The summed E-state index contributed by atoms with van der Waals surface area (Å²) in [7, 11) is 0. The maximum Gasteiger partial charge on any atom is 0.358 e. The molecule has 1 aromatic rings. The van der Waals surface area contributed by atoms with E-state index in [9.17, 15) is 9.59 Å². The number of nitrogens with one attached hydrogen (secondary N) is 1. The highest BCUT2D eigenvalue weighted by Crippen LogP contribution is 2.07. The Kier molecular flexibility index (Phi) is 4.34. The van der Waals surface area contributed by atoms with Gasteiger partial charge in [0.2, 0.25) is 0 Å². The first-order valence-corrected chi connectivity index (χ1v) is 4.57. The monoisotopic (exact) mass is 225 g/mol. The zero-order chi connectivity index (χ0) is 12.0. The van der Waals surface area contributed by atoms with E-state index in [0.29, 0.717) is 6.61 Å². The van der Waals surface area contributed by atoms with Crippen LogP contribution < -0.4 is 5.32 Å². The third-order valence-electron chi connectivity index (χ3n) is 1.60. The zero-order valence-electron chi connectivity index (χ0n) is 8.64. The van der Waals surface area contributed by atoms with Crippen LogP contribution in [0.4, 0.5) is 5.82 Å². The molecule has 0 aliphatic rings. The number of hydrogen-bond acceptors (Lipinski definition) is 5. The van der Waals surface area contributed by atoms with E-state index in [2.05, 4.69) is 15.3 Å². The molecule has 0 saturated heterocycles. The molecule has 1 heterocycles. The summed E-state index contributed by atoms with van der Waals surface area (Å²) in [6.45, 7) is 2.00. The normalized spacial score (nSPS) is 9.81. The lowest BCUT2D eigenvalue weighted by Crippen LogP contribution is -2.21. The SMILES string of the molecule is CCOCC(=O)Nc1nccnc1C(=O)O. The van der Waals surface area contributed by atoms with Crippen molar-refractivity contribution in [3.05, 3.63) is 18.1 Å². The first-order chi connectivity index (χ1) is 7.65. The molecule has 1 aromatic heterocycles. The van der Waals surface area contributed by atoms with Gasteiger partial charge in [-0.1, -0.05) is 0 Å². The summed E-state index contributed by atoms with van der Waals surface area (Å²) < 4.78 is 4.86. The van der Waals surface area contributed by atoms with Gasteiger partial charge in [-0.15, -0.1) is 0 Å². The molecule has 16 heavy (non-hydrogen) atoms. The van der Waals surface area contributed by atoms with E-state index >= 15 is 0 Å². The molecule has 7 nitrogen and oxygen atoms in total. The molecule has 0 aromatic carbocycles. The molecule has 1 amide bonds. The molecule has 0 aliphatic heterocycles. The summed E-state index contributed by atoms with van der Waals surface area (Å²) in [6, 6.07) is 0. The van der Waals surface area contributed by atoms with Crippen LogP contribution in [0.5, 0.6) is 0 Å². The summed E-state index contributed by atoms with van der Waals surface area (Å²) in [6.07, 6.45) is 2.53. The minimum Gasteiger partial charge on any atom is -0.476 e. The van der Waals surface area contributed by atoms with Gasteiger partial charge in [0.1, 0.15) is 6.61 Å². The Morgan fingerprint density at radius 1 is 1.44 bits per heavy atom. The van der Waals surface area contributed by atoms with Gasteiger partial charge in [-0.25, -0.2) is 14.8 Å². The van der Waals surface area contributed by atoms with Crippen LogP contribution in [-0.4, -0.2) is 40.2 Å². The Hall–Kier alpha value is -2.02. The minimum absolute atomic E-state index is 0.0836. The highest BCUT2D eigenvalue weighted by atomic mass is 16.5. The first kappa shape index (κ1) is 12.1. The van der Waals surface area contributed by atoms with Crippen molar-refractivity contribution in [1.82, 2.24) is 9.97 Å². The molecule has 0 bridgehead atoms. The average molecular weight is 225 g/mol. The Balaban J connectivity index is 2.73. The summed E-state index contributed by atoms with van der Waals surface area (Å²) >= 11 is 0. The van der Waals surface area contributed by atoms with Crippen molar-refractivity contribution in [3.63, 3.8) is 0 Å². The van der Waals surface area contributed by atoms with Gasteiger partial charge in [-0.3, -0.25) is 4.79 Å². The van der Waals surface area contributed by atoms with Gasteiger partial charge in [-0.2, -0.15) is 0 Å². The fourth-order valence-corrected chi connectivity index (χ4v) is 0.949. The first-order valence-electron chi connectivity index (χ1n) is 4.57. The van der Waals surface area contributed by atoms with Crippen molar-refractivity contribution in [1.29, 1.82) is 0 Å². The highest BCUT2D eigenvalue weighted by Gasteiger charge is 2.14. The lowest BCUT2D eigenvalue weighted by atomic mass is 10.4. The second-order valence-corrected chi connectivity index (χ2v) is 2.74. The number of nitrogens with zero attached hydrogens (tertiary/aromatic N) is 2. The van der Waals surface area contributed by atoms with Gasteiger partial charge in [0, 0.05) is 19.0 Å². The van der Waals surface area contributed by atoms with E-state index in [1.165, 1.54) is 12.4 Å². The lowest BCUT2D eigenvalue weighted by molar-refractivity contribution is -0.120. The van der Waals surface area contributed by atoms with Gasteiger partial charge in [0.25, 0.3) is 5.91 Å². The number of ether oxygens (including phenoxy) is 1. The standard InChI is InChI=1S/C9H11N3O4/c1-2-16-5-6(13)12-8-7(9(14)15)10-3-4-11-8/h3-4H,2,5H2,1H3,(H,14,15)(H,11,12,13). The third kappa shape index (κ3) is 3.28. The minimum atomic E-state index is -1.25. The molecule has 2 N–H and O–H groups in total. The van der Waals surface area contributed by atoms with Crippen molar-refractivity contribution < 1.29 is 19.4 Å². The molecule has 86 valence electrons. The van der Waals surface area contributed by atoms with Crippen molar-refractivity contribution in [2.75, 3.05) is 18.5 Å². The van der Waals surface area contributed by atoms with E-state index in [1.54, 1.807) is 6.92 Å². The van der Waals surface area contributed by atoms with Crippen LogP contribution in [0.1, 0.15) is 17.4 Å². The smallest absolute Gasteiger partial charge is 0.358 e. The summed E-state index contributed by atoms with van der Waals surface area (Å²) in [5.74, 6) is -1.80. The van der Waals surface area contributed by atoms with Crippen LogP contribution in [0.2, 0.25) is 0 Å². The molecular weight excluding hydrogens is 214 g/mol. The van der Waals surface area contributed by atoms with E-state index < -0.39 is 11.9 Å². The molecule has 0 atom stereocenters. The van der Waals surface area contributed by atoms with Crippen LogP contribution in [-0.2, 0) is 9.53 Å². The molecule has 0 spiro atoms. The maximum atomic E-state index is 11.2. The lowest BCUT2D eigenvalue weighted by Gasteiger charge is -2.05. The van der Waals surface area contributed by atoms with E-state index in [4.69, 9.17) is 9.84 Å². The van der Waals surface area contributed by atoms with Gasteiger partial charge in [0.05, 0.1) is 0 Å². The number of carbonyl (C=O) groups is 2. The van der Waals surface area contributed by atoms with Gasteiger partial charge in [0.15, 0.2) is 11.5 Å². The van der Waals surface area contributed by atoms with Crippen molar-refractivity contribution in [2.45, 2.75) is 6.92 Å². The number of carboxylic acid groups (broad SMARTS) is 1. The summed E-state index contributed by atoms with van der Waals surface area (Å²) in [5, 5.41) is 11.1. The van der Waals surface area contributed by atoms with Crippen molar-refractivity contribution >= 4 is 17.7 Å². The summed E-state index contributed by atoms with van der Waals surface area (Å²) in [5.41, 5.74) is -0.299. The molecular formula is C9H11N3O4. The van der Waals surface area contributed by atoms with Crippen LogP contribution in [0.3, 0.4) is 0 Å². The second kappa shape index (κ2) is 5.76.